The Hall–Kier alpha value is -4.93. The maximum absolute atomic E-state index is 14.3. The molecular formula is C28H32N6O5. The first-order valence-electron chi connectivity index (χ1n) is 12.4. The Kier molecular flexibility index (Phi) is 9.96. The highest BCUT2D eigenvalue weighted by atomic mass is 16.7. The standard InChI is InChI=1S/C28H32N6O5/c1-19-17-20(14-15-24(19)35)18-33(23(26(29)36)13-8-16-31-28(30)32-34(38)39)27(37)25(21-9-4-2-5-10-21)22-11-6-3-7-12-22/h2-7,9-12,14-15,17,23,25,35H,8,13,16,18H2,1H3,(H2,29,36)(H3,30,31,32)/t23-/m0/s1. The smallest absolute Gasteiger partial charge is 0.251 e. The molecule has 204 valence electrons. The second-order valence-electron chi connectivity index (χ2n) is 9.04. The number of hydrogen-bond donors (Lipinski definition) is 4. The van der Waals surface area contributed by atoms with Crippen LogP contribution in [0.3, 0.4) is 0 Å². The summed E-state index contributed by atoms with van der Waals surface area (Å²) in [4.78, 5) is 43.0. The number of amides is 2. The molecule has 0 aliphatic rings. The highest BCUT2D eigenvalue weighted by molar-refractivity contribution is 5.92. The number of aliphatic imine (C=N–C) groups is 1. The van der Waals surface area contributed by atoms with Gasteiger partial charge in [-0.2, -0.15) is 0 Å². The van der Waals surface area contributed by atoms with E-state index >= 15 is 0 Å². The maximum Gasteiger partial charge on any atom is 0.251 e. The van der Waals surface area contributed by atoms with Crippen LogP contribution < -0.4 is 16.9 Å². The van der Waals surface area contributed by atoms with E-state index in [9.17, 15) is 24.8 Å². The minimum atomic E-state index is -0.999. The van der Waals surface area contributed by atoms with Crippen molar-refractivity contribution in [3.05, 3.63) is 111 Å². The Bertz CT molecular complexity index is 1280. The van der Waals surface area contributed by atoms with Crippen molar-refractivity contribution in [3.63, 3.8) is 0 Å². The predicted molar refractivity (Wildman–Crippen MR) is 147 cm³/mol. The van der Waals surface area contributed by atoms with Gasteiger partial charge in [0, 0.05) is 13.1 Å². The molecule has 3 rings (SSSR count). The fraction of sp³-hybridized carbons (Fsp3) is 0.250. The monoisotopic (exact) mass is 532 g/mol. The average Bonchev–Trinajstić information content (AvgIpc) is 2.90. The van der Waals surface area contributed by atoms with Gasteiger partial charge in [-0.05, 0) is 48.1 Å². The summed E-state index contributed by atoms with van der Waals surface area (Å²) in [5.74, 6) is -1.96. The molecule has 0 aromatic heterocycles. The number of primary amides is 1. The fourth-order valence-electron chi connectivity index (χ4n) is 4.35. The van der Waals surface area contributed by atoms with Crippen molar-refractivity contribution in [2.45, 2.75) is 38.3 Å². The highest BCUT2D eigenvalue weighted by Gasteiger charge is 2.34. The molecule has 0 saturated carbocycles. The number of phenols is 1. The van der Waals surface area contributed by atoms with E-state index in [0.717, 1.165) is 11.1 Å². The summed E-state index contributed by atoms with van der Waals surface area (Å²) >= 11 is 0. The lowest BCUT2D eigenvalue weighted by Crippen LogP contribution is -2.49. The van der Waals surface area contributed by atoms with E-state index < -0.39 is 22.9 Å². The molecule has 0 fully saturated rings. The topological polar surface area (TPSA) is 177 Å². The zero-order valence-corrected chi connectivity index (χ0v) is 21.6. The molecule has 0 heterocycles. The number of aromatic hydroxyl groups is 1. The van der Waals surface area contributed by atoms with E-state index in [0.29, 0.717) is 11.1 Å². The van der Waals surface area contributed by atoms with Crippen molar-refractivity contribution in [3.8, 4) is 5.75 Å². The Labute approximate surface area is 226 Å². The van der Waals surface area contributed by atoms with E-state index in [1.165, 1.54) is 11.0 Å². The molecule has 3 aromatic rings. The summed E-state index contributed by atoms with van der Waals surface area (Å²) in [5.41, 5.74) is 15.9. The summed E-state index contributed by atoms with van der Waals surface area (Å²) in [6, 6.07) is 22.5. The van der Waals surface area contributed by atoms with Gasteiger partial charge in [-0.15, -0.1) is 0 Å². The number of carbonyl (C=O) groups excluding carboxylic acids is 2. The third kappa shape index (κ3) is 8.03. The van der Waals surface area contributed by atoms with Crippen LogP contribution in [-0.2, 0) is 16.1 Å². The van der Waals surface area contributed by atoms with Crippen LogP contribution in [0.5, 0.6) is 5.75 Å². The number of nitro groups is 1. The highest BCUT2D eigenvalue weighted by Crippen LogP contribution is 2.30. The van der Waals surface area contributed by atoms with Crippen molar-refractivity contribution >= 4 is 17.8 Å². The van der Waals surface area contributed by atoms with E-state index in [1.54, 1.807) is 24.5 Å². The molecule has 3 aromatic carbocycles. The molecule has 0 unspecified atom stereocenters. The van der Waals surface area contributed by atoms with Crippen LogP contribution in [-0.4, -0.2) is 45.4 Å². The van der Waals surface area contributed by atoms with Gasteiger partial charge in [-0.3, -0.25) is 9.59 Å². The van der Waals surface area contributed by atoms with Crippen molar-refractivity contribution < 1.29 is 19.7 Å². The zero-order valence-electron chi connectivity index (χ0n) is 21.6. The molecule has 39 heavy (non-hydrogen) atoms. The Morgan fingerprint density at radius 3 is 2.13 bits per heavy atom. The number of aryl methyl sites for hydroxylation is 1. The van der Waals surface area contributed by atoms with Crippen LogP contribution in [0.4, 0.5) is 0 Å². The third-order valence-corrected chi connectivity index (χ3v) is 6.24. The van der Waals surface area contributed by atoms with Crippen LogP contribution in [0.2, 0.25) is 0 Å². The molecule has 0 bridgehead atoms. The molecule has 11 nitrogen and oxygen atoms in total. The summed E-state index contributed by atoms with van der Waals surface area (Å²) in [6.45, 7) is 1.89. The van der Waals surface area contributed by atoms with Crippen molar-refractivity contribution in [1.29, 1.82) is 0 Å². The lowest BCUT2D eigenvalue weighted by atomic mass is 9.89. The first kappa shape index (κ1) is 28.6. The number of guanidine groups is 1. The number of nitrogens with zero attached hydrogens (tertiary/aromatic N) is 3. The van der Waals surface area contributed by atoms with Gasteiger partial charge in [0.2, 0.25) is 11.8 Å². The molecule has 0 radical (unpaired) electrons. The Balaban J connectivity index is 1.99. The number of rotatable bonds is 12. The van der Waals surface area contributed by atoms with Crippen molar-refractivity contribution in [2.75, 3.05) is 6.54 Å². The number of nitrogens with one attached hydrogen (secondary N) is 1. The molecular weight excluding hydrogens is 500 g/mol. The Morgan fingerprint density at radius 2 is 1.62 bits per heavy atom. The zero-order chi connectivity index (χ0) is 28.4. The quantitative estimate of drug-likeness (QED) is 0.0910. The number of carbonyl (C=O) groups is 2. The molecule has 0 saturated heterocycles. The lowest BCUT2D eigenvalue weighted by Gasteiger charge is -2.33. The SMILES string of the molecule is Cc1cc(CN(C(=O)C(c2ccccc2)c2ccccc2)[C@@H](CCCN=C(N)N[N+](=O)[O-])C(N)=O)ccc1O. The Morgan fingerprint density at radius 1 is 1.03 bits per heavy atom. The number of phenolic OH excluding ortho intramolecular Hbond substituents is 1. The number of hydrogen-bond acceptors (Lipinski definition) is 6. The number of nitrogens with two attached hydrogens (primary N) is 2. The first-order valence-corrected chi connectivity index (χ1v) is 12.4. The normalized spacial score (nSPS) is 12.1. The van der Waals surface area contributed by atoms with Crippen LogP contribution >= 0.6 is 0 Å². The number of benzene rings is 3. The molecule has 1 atom stereocenters. The predicted octanol–water partition coefficient (Wildman–Crippen LogP) is 2.59. The summed E-state index contributed by atoms with van der Waals surface area (Å²) in [7, 11) is 0. The van der Waals surface area contributed by atoms with Gasteiger partial charge in [0.25, 0.3) is 5.96 Å². The molecule has 2 amide bonds. The largest absolute Gasteiger partial charge is 0.508 e. The maximum atomic E-state index is 14.3. The van der Waals surface area contributed by atoms with Gasteiger partial charge in [0.05, 0.1) is 5.92 Å². The van der Waals surface area contributed by atoms with Gasteiger partial charge < -0.3 is 21.5 Å². The van der Waals surface area contributed by atoms with E-state index in [4.69, 9.17) is 11.5 Å². The van der Waals surface area contributed by atoms with Crippen LogP contribution in [0.25, 0.3) is 0 Å². The molecule has 0 spiro atoms. The average molecular weight is 533 g/mol. The second kappa shape index (κ2) is 13.6. The van der Waals surface area contributed by atoms with E-state index in [2.05, 4.69) is 4.99 Å². The fourth-order valence-corrected chi connectivity index (χ4v) is 4.35. The van der Waals surface area contributed by atoms with Crippen LogP contribution in [0, 0.1) is 17.0 Å². The van der Waals surface area contributed by atoms with Gasteiger partial charge in [0.1, 0.15) is 11.8 Å². The minimum Gasteiger partial charge on any atom is -0.508 e. The van der Waals surface area contributed by atoms with Crippen LogP contribution in [0.1, 0.15) is 41.0 Å². The van der Waals surface area contributed by atoms with Crippen molar-refractivity contribution in [1.82, 2.24) is 10.3 Å². The van der Waals surface area contributed by atoms with Crippen molar-refractivity contribution in [2.24, 2.45) is 16.5 Å². The first-order chi connectivity index (χ1) is 18.7. The molecule has 0 aliphatic heterocycles. The molecule has 11 heteroatoms. The lowest BCUT2D eigenvalue weighted by molar-refractivity contribution is -0.525. The van der Waals surface area contributed by atoms with E-state index in [1.807, 2.05) is 60.7 Å². The summed E-state index contributed by atoms with van der Waals surface area (Å²) in [6.07, 6.45) is 0.442. The third-order valence-electron chi connectivity index (χ3n) is 6.24. The minimum absolute atomic E-state index is 0.0675. The van der Waals surface area contributed by atoms with E-state index in [-0.39, 0.29) is 43.5 Å². The second-order valence-corrected chi connectivity index (χ2v) is 9.04. The van der Waals surface area contributed by atoms with Gasteiger partial charge in [-0.25, -0.2) is 15.1 Å². The van der Waals surface area contributed by atoms with Gasteiger partial charge in [-0.1, -0.05) is 78.2 Å². The van der Waals surface area contributed by atoms with Gasteiger partial charge in [0.15, 0.2) is 5.03 Å². The van der Waals surface area contributed by atoms with Gasteiger partial charge >= 0.3 is 0 Å². The summed E-state index contributed by atoms with van der Waals surface area (Å²) in [5, 5.41) is 19.7. The van der Waals surface area contributed by atoms with Crippen LogP contribution in [0.15, 0.2) is 83.9 Å². The molecule has 6 N–H and O–H groups in total. The number of hydrazine groups is 1. The summed E-state index contributed by atoms with van der Waals surface area (Å²) < 4.78 is 0. The molecule has 0 aliphatic carbocycles.